The number of pyridine rings is 1. The van der Waals surface area contributed by atoms with Crippen molar-refractivity contribution in [3.63, 3.8) is 0 Å². The molecule has 40 heavy (non-hydrogen) atoms. The molecule has 0 bridgehead atoms. The molecule has 0 amide bonds. The number of fused-ring (bicyclic) bond motifs is 1. The molecular formula is C29H26ClN5O5. The molecular weight excluding hydrogens is 534 g/mol. The van der Waals surface area contributed by atoms with Gasteiger partial charge in [0.05, 0.1) is 28.9 Å². The predicted molar refractivity (Wildman–Crippen MR) is 150 cm³/mol. The SMILES string of the molecule is CCOC(=O)c1c(C)ncnc1Cl.Cc1ncnc2c1c(O)c(-c1ccccc1)c(=O)n2OCc1ccccc1. The van der Waals surface area contributed by atoms with Crippen LogP contribution in [-0.4, -0.2) is 42.3 Å². The maximum atomic E-state index is 13.2. The van der Waals surface area contributed by atoms with Crippen LogP contribution in [0.4, 0.5) is 0 Å². The normalized spacial score (nSPS) is 10.5. The number of benzene rings is 2. The molecule has 0 unspecified atom stereocenters. The summed E-state index contributed by atoms with van der Waals surface area (Å²) in [6.07, 6.45) is 2.65. The number of hydrogen-bond acceptors (Lipinski definition) is 9. The number of carbonyl (C=O) groups excluding carboxylic acids is 1. The lowest BCUT2D eigenvalue weighted by Gasteiger charge is -2.15. The molecule has 0 aliphatic carbocycles. The quantitative estimate of drug-likeness (QED) is 0.232. The Bertz CT molecular complexity index is 1670. The number of aromatic hydroxyl groups is 1. The minimum Gasteiger partial charge on any atom is -0.506 e. The Morgan fingerprint density at radius 2 is 1.55 bits per heavy atom. The Hall–Kier alpha value is -4.83. The van der Waals surface area contributed by atoms with E-state index in [1.807, 2.05) is 48.5 Å². The van der Waals surface area contributed by atoms with Gasteiger partial charge in [-0.1, -0.05) is 72.3 Å². The number of ether oxygens (including phenoxy) is 1. The molecule has 204 valence electrons. The number of aromatic nitrogens is 5. The van der Waals surface area contributed by atoms with Gasteiger partial charge in [0.25, 0.3) is 5.56 Å². The highest BCUT2D eigenvalue weighted by Gasteiger charge is 2.21. The standard InChI is InChI=1S/C21H17N3O3.C8H9ClN2O2/c1-14-17-19(25)18(16-10-6-3-7-11-16)21(26)24(20(17)23-13-22-14)27-12-15-8-4-2-5-9-15;1-3-13-8(12)6-5(2)10-4-11-7(6)9/h2-11,13,25H,12H2,1H3;4H,3H2,1-2H3. The number of rotatable bonds is 6. The van der Waals surface area contributed by atoms with Crippen molar-refractivity contribution in [3.05, 3.63) is 111 Å². The fourth-order valence-corrected chi connectivity index (χ4v) is 4.15. The van der Waals surface area contributed by atoms with Crippen LogP contribution in [0.25, 0.3) is 22.2 Å². The Morgan fingerprint density at radius 3 is 2.20 bits per heavy atom. The van der Waals surface area contributed by atoms with Crippen molar-refractivity contribution < 1.29 is 19.5 Å². The third-order valence-electron chi connectivity index (χ3n) is 5.82. The number of hydrogen-bond donors (Lipinski definition) is 1. The van der Waals surface area contributed by atoms with Crippen molar-refractivity contribution in [2.75, 3.05) is 6.61 Å². The van der Waals surface area contributed by atoms with Crippen LogP contribution in [0.3, 0.4) is 0 Å². The van der Waals surface area contributed by atoms with Gasteiger partial charge < -0.3 is 14.7 Å². The molecule has 0 aliphatic rings. The third kappa shape index (κ3) is 6.08. The first-order valence-corrected chi connectivity index (χ1v) is 12.7. The van der Waals surface area contributed by atoms with Crippen LogP contribution >= 0.6 is 11.6 Å². The van der Waals surface area contributed by atoms with E-state index in [1.165, 1.54) is 12.7 Å². The lowest BCUT2D eigenvalue weighted by Crippen LogP contribution is -2.29. The summed E-state index contributed by atoms with van der Waals surface area (Å²) in [6, 6.07) is 18.5. The summed E-state index contributed by atoms with van der Waals surface area (Å²) >= 11 is 5.71. The summed E-state index contributed by atoms with van der Waals surface area (Å²) in [5.74, 6) is -0.621. The van der Waals surface area contributed by atoms with Gasteiger partial charge in [0, 0.05) is 0 Å². The summed E-state index contributed by atoms with van der Waals surface area (Å²) in [5.41, 5.74) is 2.77. The van der Waals surface area contributed by atoms with Crippen LogP contribution < -0.4 is 10.4 Å². The molecule has 1 N–H and O–H groups in total. The highest BCUT2D eigenvalue weighted by molar-refractivity contribution is 6.32. The topological polar surface area (TPSA) is 129 Å². The molecule has 0 spiro atoms. The van der Waals surface area contributed by atoms with Crippen LogP contribution in [0.2, 0.25) is 5.15 Å². The van der Waals surface area contributed by atoms with Gasteiger partial charge in [-0.25, -0.2) is 24.7 Å². The number of esters is 1. The van der Waals surface area contributed by atoms with E-state index in [9.17, 15) is 14.7 Å². The lowest BCUT2D eigenvalue weighted by molar-refractivity contribution is 0.0524. The fourth-order valence-electron chi connectivity index (χ4n) is 3.89. The average molecular weight is 560 g/mol. The summed E-state index contributed by atoms with van der Waals surface area (Å²) in [7, 11) is 0. The molecule has 3 aromatic heterocycles. The molecule has 0 aliphatic heterocycles. The van der Waals surface area contributed by atoms with Gasteiger partial charge in [0.1, 0.15) is 35.7 Å². The number of carbonyl (C=O) groups is 1. The first-order chi connectivity index (χ1) is 19.3. The van der Waals surface area contributed by atoms with Crippen molar-refractivity contribution in [2.24, 2.45) is 0 Å². The summed E-state index contributed by atoms with van der Waals surface area (Å²) in [4.78, 5) is 46.1. The fraction of sp³-hybridized carbons (Fsp3) is 0.172. The van der Waals surface area contributed by atoms with Crippen molar-refractivity contribution in [1.82, 2.24) is 24.7 Å². The van der Waals surface area contributed by atoms with E-state index in [2.05, 4.69) is 19.9 Å². The number of nitrogens with zero attached hydrogens (tertiary/aromatic N) is 5. The van der Waals surface area contributed by atoms with Crippen molar-refractivity contribution >= 4 is 28.6 Å². The minimum atomic E-state index is -0.481. The second-order valence-corrected chi connectivity index (χ2v) is 8.81. The Labute approximate surface area is 234 Å². The average Bonchev–Trinajstić information content (AvgIpc) is 2.94. The zero-order valence-corrected chi connectivity index (χ0v) is 22.8. The first kappa shape index (κ1) is 28.2. The molecule has 10 nitrogen and oxygen atoms in total. The number of halogens is 1. The van der Waals surface area contributed by atoms with Crippen LogP contribution in [0.1, 0.15) is 34.2 Å². The molecule has 11 heteroatoms. The zero-order chi connectivity index (χ0) is 28.6. The van der Waals surface area contributed by atoms with Crippen LogP contribution in [0.5, 0.6) is 5.75 Å². The van der Waals surface area contributed by atoms with Crippen LogP contribution in [-0.2, 0) is 11.3 Å². The second-order valence-electron chi connectivity index (χ2n) is 8.45. The molecule has 0 radical (unpaired) electrons. The van der Waals surface area contributed by atoms with Gasteiger partial charge >= 0.3 is 5.97 Å². The molecule has 2 aromatic carbocycles. The van der Waals surface area contributed by atoms with Crippen LogP contribution in [0.15, 0.2) is 78.1 Å². The monoisotopic (exact) mass is 559 g/mol. The zero-order valence-electron chi connectivity index (χ0n) is 22.0. The maximum Gasteiger partial charge on any atom is 0.343 e. The van der Waals surface area contributed by atoms with Gasteiger partial charge in [-0.15, -0.1) is 4.73 Å². The highest BCUT2D eigenvalue weighted by Crippen LogP contribution is 2.33. The highest BCUT2D eigenvalue weighted by atomic mass is 35.5. The van der Waals surface area contributed by atoms with E-state index < -0.39 is 11.5 Å². The Kier molecular flexibility index (Phi) is 9.03. The van der Waals surface area contributed by atoms with Crippen molar-refractivity contribution in [1.29, 1.82) is 0 Å². The summed E-state index contributed by atoms with van der Waals surface area (Å²) < 4.78 is 5.92. The van der Waals surface area contributed by atoms with Gasteiger partial charge in [0.2, 0.25) is 0 Å². The lowest BCUT2D eigenvalue weighted by atomic mass is 10.0. The van der Waals surface area contributed by atoms with Crippen molar-refractivity contribution in [3.8, 4) is 16.9 Å². The molecule has 5 aromatic rings. The smallest absolute Gasteiger partial charge is 0.343 e. The molecule has 0 atom stereocenters. The van der Waals surface area contributed by atoms with E-state index in [4.69, 9.17) is 21.2 Å². The van der Waals surface area contributed by atoms with E-state index in [1.54, 1.807) is 32.9 Å². The minimum absolute atomic E-state index is 0.131. The summed E-state index contributed by atoms with van der Waals surface area (Å²) in [5, 5.41) is 11.3. The summed E-state index contributed by atoms with van der Waals surface area (Å²) in [6.45, 7) is 5.66. The van der Waals surface area contributed by atoms with Gasteiger partial charge in [0.15, 0.2) is 5.65 Å². The van der Waals surface area contributed by atoms with E-state index >= 15 is 0 Å². The van der Waals surface area contributed by atoms with E-state index in [-0.39, 0.29) is 34.3 Å². The predicted octanol–water partition coefficient (Wildman–Crippen LogP) is 4.72. The van der Waals surface area contributed by atoms with E-state index in [0.717, 1.165) is 10.3 Å². The van der Waals surface area contributed by atoms with E-state index in [0.29, 0.717) is 28.9 Å². The molecule has 0 saturated carbocycles. The number of aryl methyl sites for hydroxylation is 2. The van der Waals surface area contributed by atoms with Gasteiger partial charge in [-0.2, -0.15) is 0 Å². The molecule has 5 rings (SSSR count). The Balaban J connectivity index is 0.000000240. The molecule has 3 heterocycles. The molecule has 0 saturated heterocycles. The first-order valence-electron chi connectivity index (χ1n) is 12.3. The maximum absolute atomic E-state index is 13.2. The molecule has 0 fully saturated rings. The second kappa shape index (κ2) is 12.8. The van der Waals surface area contributed by atoms with Crippen LogP contribution in [0, 0.1) is 13.8 Å². The Morgan fingerprint density at radius 1 is 0.925 bits per heavy atom. The van der Waals surface area contributed by atoms with Gasteiger partial charge in [-0.3, -0.25) is 4.79 Å². The third-order valence-corrected chi connectivity index (χ3v) is 6.10. The van der Waals surface area contributed by atoms with Gasteiger partial charge in [-0.05, 0) is 31.9 Å². The largest absolute Gasteiger partial charge is 0.506 e. The van der Waals surface area contributed by atoms with Crippen molar-refractivity contribution in [2.45, 2.75) is 27.4 Å².